The first-order valence-electron chi connectivity index (χ1n) is 9.32. The van der Waals surface area contributed by atoms with Gasteiger partial charge in [0, 0.05) is 19.5 Å². The minimum Gasteiger partial charge on any atom is -0.343 e. The first-order chi connectivity index (χ1) is 13.4. The van der Waals surface area contributed by atoms with E-state index in [1.165, 1.54) is 12.1 Å². The van der Waals surface area contributed by atoms with Gasteiger partial charge in [0.25, 0.3) is 0 Å². The summed E-state index contributed by atoms with van der Waals surface area (Å²) in [6, 6.07) is 5.06. The van der Waals surface area contributed by atoms with Gasteiger partial charge < -0.3 is 10.2 Å². The van der Waals surface area contributed by atoms with Gasteiger partial charge in [0.15, 0.2) is 5.82 Å². The molecule has 0 radical (unpaired) electrons. The van der Waals surface area contributed by atoms with Crippen LogP contribution in [0, 0.1) is 5.82 Å². The van der Waals surface area contributed by atoms with E-state index < -0.39 is 17.7 Å². The molecule has 1 N–H and O–H groups in total. The Balaban J connectivity index is 1.62. The number of nitrogens with zero attached hydrogens (tertiary/aromatic N) is 3. The van der Waals surface area contributed by atoms with Crippen molar-refractivity contribution in [3.05, 3.63) is 52.0 Å². The normalized spacial score (nSPS) is 15.3. The van der Waals surface area contributed by atoms with Crippen LogP contribution in [0.1, 0.15) is 37.6 Å². The molecular weight excluding hydrogens is 367 g/mol. The lowest BCUT2D eigenvalue weighted by Crippen LogP contribution is -2.49. The third kappa shape index (κ3) is 4.85. The van der Waals surface area contributed by atoms with E-state index in [1.807, 2.05) is 0 Å². The van der Waals surface area contributed by atoms with Crippen LogP contribution in [0.15, 0.2) is 33.6 Å². The molecule has 28 heavy (non-hydrogen) atoms. The zero-order valence-electron chi connectivity index (χ0n) is 15.7. The van der Waals surface area contributed by atoms with Gasteiger partial charge in [0.1, 0.15) is 18.4 Å². The Bertz CT molecular complexity index is 884. The molecule has 0 saturated carbocycles. The summed E-state index contributed by atoms with van der Waals surface area (Å²) in [5.74, 6) is -1.49. The molecule has 1 saturated heterocycles. The third-order valence-corrected chi connectivity index (χ3v) is 4.75. The Kier molecular flexibility index (Phi) is 6.23. The molecule has 0 spiro atoms. The van der Waals surface area contributed by atoms with E-state index in [2.05, 4.69) is 15.0 Å². The predicted molar refractivity (Wildman–Crippen MR) is 98.0 cm³/mol. The smallest absolute Gasteiger partial charge is 0.343 e. The number of hydrogen-bond acceptors (Lipinski definition) is 5. The van der Waals surface area contributed by atoms with Crippen molar-refractivity contribution in [3.63, 3.8) is 0 Å². The number of hydrogen-bond donors (Lipinski definition) is 1. The Labute approximate surface area is 161 Å². The summed E-state index contributed by atoms with van der Waals surface area (Å²) in [6.07, 6.45) is 3.25. The van der Waals surface area contributed by atoms with Crippen LogP contribution < -0.4 is 11.1 Å². The zero-order valence-corrected chi connectivity index (χ0v) is 15.7. The van der Waals surface area contributed by atoms with Crippen molar-refractivity contribution in [2.45, 2.75) is 45.2 Å². The number of nitrogens with one attached hydrogen (secondary N) is 1. The van der Waals surface area contributed by atoms with Crippen molar-refractivity contribution in [1.82, 2.24) is 19.9 Å². The Hall–Kier alpha value is -2.97. The Morgan fingerprint density at radius 1 is 1.21 bits per heavy atom. The maximum Gasteiger partial charge on any atom is 0.442 e. The van der Waals surface area contributed by atoms with Crippen molar-refractivity contribution in [2.75, 3.05) is 13.1 Å². The molecule has 0 bridgehead atoms. The van der Waals surface area contributed by atoms with Crippen LogP contribution in [0.5, 0.6) is 0 Å². The van der Waals surface area contributed by atoms with Crippen LogP contribution in [0.3, 0.4) is 0 Å². The molecule has 1 aromatic carbocycles. The predicted octanol–water partition coefficient (Wildman–Crippen LogP) is 1.08. The average molecular weight is 390 g/mol. The first-order valence-corrected chi connectivity index (χ1v) is 9.32. The summed E-state index contributed by atoms with van der Waals surface area (Å²) in [7, 11) is 0. The number of aromatic nitrogens is 2. The summed E-state index contributed by atoms with van der Waals surface area (Å²) in [5.41, 5.74) is 0.720. The maximum atomic E-state index is 13.0. The number of halogens is 1. The van der Waals surface area contributed by atoms with Gasteiger partial charge in [-0.1, -0.05) is 17.3 Å². The van der Waals surface area contributed by atoms with Gasteiger partial charge in [-0.2, -0.15) is 0 Å². The van der Waals surface area contributed by atoms with E-state index in [1.54, 1.807) is 24.0 Å². The number of piperidine rings is 1. The molecule has 1 atom stereocenters. The average Bonchev–Trinajstić information content (AvgIpc) is 3.03. The fourth-order valence-corrected chi connectivity index (χ4v) is 3.24. The van der Waals surface area contributed by atoms with E-state index in [0.717, 1.165) is 29.4 Å². The van der Waals surface area contributed by atoms with Crippen LogP contribution in [-0.4, -0.2) is 45.6 Å². The highest BCUT2D eigenvalue weighted by molar-refractivity contribution is 5.87. The van der Waals surface area contributed by atoms with Gasteiger partial charge in [-0.25, -0.2) is 9.18 Å². The Morgan fingerprint density at radius 3 is 2.57 bits per heavy atom. The summed E-state index contributed by atoms with van der Waals surface area (Å²) in [5, 5.41) is 6.33. The molecule has 1 unspecified atom stereocenters. The molecule has 1 aliphatic rings. The second-order valence-corrected chi connectivity index (χ2v) is 6.93. The van der Waals surface area contributed by atoms with Gasteiger partial charge in [-0.15, -0.1) is 0 Å². The number of carbonyl (C=O) groups is 2. The summed E-state index contributed by atoms with van der Waals surface area (Å²) < 4.78 is 18.8. The van der Waals surface area contributed by atoms with Crippen molar-refractivity contribution in [2.24, 2.45) is 0 Å². The minimum atomic E-state index is -0.762. The molecule has 150 valence electrons. The standard InChI is InChI=1S/C19H23FN4O4/c1-13(18(26)23-9-3-2-4-10-23)21-17(25)12-24-16(22-28-19(24)27)11-14-5-7-15(20)8-6-14/h5-8,13H,2-4,9-12H2,1H3,(H,21,25). The molecular formula is C19H23FN4O4. The van der Waals surface area contributed by atoms with Crippen molar-refractivity contribution in [3.8, 4) is 0 Å². The highest BCUT2D eigenvalue weighted by Crippen LogP contribution is 2.10. The summed E-state index contributed by atoms with van der Waals surface area (Å²) in [4.78, 5) is 38.4. The Morgan fingerprint density at radius 2 is 1.89 bits per heavy atom. The first kappa shape index (κ1) is 19.8. The van der Waals surface area contributed by atoms with Gasteiger partial charge in [-0.05, 0) is 43.9 Å². The topological polar surface area (TPSA) is 97.4 Å². The summed E-state index contributed by atoms with van der Waals surface area (Å²) >= 11 is 0. The van der Waals surface area contributed by atoms with Crippen LogP contribution >= 0.6 is 0 Å². The molecule has 1 aromatic heterocycles. The van der Waals surface area contributed by atoms with Crippen molar-refractivity contribution < 1.29 is 18.5 Å². The third-order valence-electron chi connectivity index (χ3n) is 4.75. The van der Waals surface area contributed by atoms with Gasteiger partial charge in [-0.3, -0.25) is 18.7 Å². The molecule has 2 amide bonds. The molecule has 2 aromatic rings. The lowest BCUT2D eigenvalue weighted by molar-refractivity contribution is -0.136. The summed E-state index contributed by atoms with van der Waals surface area (Å²) in [6.45, 7) is 2.72. The van der Waals surface area contributed by atoms with Crippen LogP contribution in [0.4, 0.5) is 4.39 Å². The van der Waals surface area contributed by atoms with Crippen molar-refractivity contribution >= 4 is 11.8 Å². The largest absolute Gasteiger partial charge is 0.442 e. The lowest BCUT2D eigenvalue weighted by Gasteiger charge is -2.29. The van der Waals surface area contributed by atoms with Crippen molar-refractivity contribution in [1.29, 1.82) is 0 Å². The lowest BCUT2D eigenvalue weighted by atomic mass is 10.1. The van der Waals surface area contributed by atoms with E-state index in [-0.39, 0.29) is 30.5 Å². The highest BCUT2D eigenvalue weighted by Gasteiger charge is 2.24. The van der Waals surface area contributed by atoms with Gasteiger partial charge in [0.2, 0.25) is 11.8 Å². The monoisotopic (exact) mass is 390 g/mol. The van der Waals surface area contributed by atoms with E-state index in [4.69, 9.17) is 0 Å². The number of benzene rings is 1. The molecule has 3 rings (SSSR count). The SMILES string of the molecule is CC(NC(=O)Cn1c(Cc2ccc(F)cc2)noc1=O)C(=O)N1CCCCC1. The fraction of sp³-hybridized carbons (Fsp3) is 0.474. The molecule has 9 heteroatoms. The molecule has 1 aliphatic heterocycles. The van der Waals surface area contributed by atoms with Crippen LogP contribution in [0.2, 0.25) is 0 Å². The maximum absolute atomic E-state index is 13.0. The number of amides is 2. The van der Waals surface area contributed by atoms with E-state index in [9.17, 15) is 18.8 Å². The molecule has 8 nitrogen and oxygen atoms in total. The quantitative estimate of drug-likeness (QED) is 0.796. The second-order valence-electron chi connectivity index (χ2n) is 6.93. The molecule has 2 heterocycles. The zero-order chi connectivity index (χ0) is 20.1. The molecule has 0 aliphatic carbocycles. The second kappa shape index (κ2) is 8.81. The van der Waals surface area contributed by atoms with Gasteiger partial charge in [0.05, 0.1) is 0 Å². The molecule has 1 fully saturated rings. The van der Waals surface area contributed by atoms with Gasteiger partial charge >= 0.3 is 5.76 Å². The number of likely N-dealkylation sites (tertiary alicyclic amines) is 1. The van der Waals surface area contributed by atoms with Crippen LogP contribution in [-0.2, 0) is 22.6 Å². The number of carbonyl (C=O) groups excluding carboxylic acids is 2. The number of rotatable bonds is 6. The fourth-order valence-electron chi connectivity index (χ4n) is 3.24. The van der Waals surface area contributed by atoms with E-state index >= 15 is 0 Å². The van der Waals surface area contributed by atoms with Crippen LogP contribution in [0.25, 0.3) is 0 Å². The minimum absolute atomic E-state index is 0.128. The van der Waals surface area contributed by atoms with E-state index in [0.29, 0.717) is 13.1 Å². The highest BCUT2D eigenvalue weighted by atomic mass is 19.1.